The van der Waals surface area contributed by atoms with E-state index in [-0.39, 0.29) is 12.1 Å². The molecule has 0 radical (unpaired) electrons. The van der Waals surface area contributed by atoms with E-state index in [0.29, 0.717) is 18.4 Å². The van der Waals surface area contributed by atoms with E-state index in [1.54, 1.807) is 6.20 Å². The van der Waals surface area contributed by atoms with Crippen LogP contribution in [-0.2, 0) is 20.9 Å². The van der Waals surface area contributed by atoms with Crippen LogP contribution >= 0.6 is 0 Å². The standard InChI is InChI=1S/C18H21NO3/c1-11-8-14-5-6-16-18(14,15(9-11)17(20)22-16)21-10-13-4-3-7-19-12(13)2/h3-4,7,9,11,14,16H,5-6,8,10H2,1-2H3/t11?,14?,16-,18+/m1/s1. The molecule has 116 valence electrons. The number of ether oxygens (including phenoxy) is 2. The Morgan fingerprint density at radius 1 is 1.45 bits per heavy atom. The first-order valence-electron chi connectivity index (χ1n) is 8.09. The largest absolute Gasteiger partial charge is 0.455 e. The van der Waals surface area contributed by atoms with E-state index >= 15 is 0 Å². The molecular weight excluding hydrogens is 278 g/mol. The normalized spacial score (nSPS) is 36.0. The molecule has 1 aromatic heterocycles. The van der Waals surface area contributed by atoms with Crippen molar-refractivity contribution in [2.75, 3.05) is 0 Å². The third kappa shape index (κ3) is 1.86. The number of hydrogen-bond acceptors (Lipinski definition) is 4. The highest BCUT2D eigenvalue weighted by Crippen LogP contribution is 2.55. The molecule has 2 aliphatic carbocycles. The quantitative estimate of drug-likeness (QED) is 0.805. The van der Waals surface area contributed by atoms with E-state index in [1.807, 2.05) is 19.1 Å². The summed E-state index contributed by atoms with van der Waals surface area (Å²) in [5.74, 6) is 0.626. The fraction of sp³-hybridized carbons (Fsp3) is 0.556. The third-order valence-electron chi connectivity index (χ3n) is 5.44. The van der Waals surface area contributed by atoms with Gasteiger partial charge in [0.05, 0.1) is 12.2 Å². The van der Waals surface area contributed by atoms with Crippen LogP contribution in [0.2, 0.25) is 0 Å². The highest BCUT2D eigenvalue weighted by atomic mass is 16.6. The number of nitrogens with zero attached hydrogens (tertiary/aromatic N) is 1. The minimum absolute atomic E-state index is 0.110. The third-order valence-corrected chi connectivity index (χ3v) is 5.44. The van der Waals surface area contributed by atoms with Crippen molar-refractivity contribution in [2.45, 2.75) is 51.4 Å². The van der Waals surface area contributed by atoms with Crippen molar-refractivity contribution < 1.29 is 14.3 Å². The lowest BCUT2D eigenvalue weighted by molar-refractivity contribution is -0.142. The van der Waals surface area contributed by atoms with Gasteiger partial charge in [0.2, 0.25) is 0 Å². The fourth-order valence-corrected chi connectivity index (χ4v) is 4.38. The summed E-state index contributed by atoms with van der Waals surface area (Å²) in [6.07, 6.45) is 6.80. The van der Waals surface area contributed by atoms with Gasteiger partial charge in [0.1, 0.15) is 11.7 Å². The van der Waals surface area contributed by atoms with Gasteiger partial charge in [-0.05, 0) is 49.7 Å². The molecule has 1 saturated heterocycles. The molecule has 4 heteroatoms. The van der Waals surface area contributed by atoms with Crippen LogP contribution in [0, 0.1) is 18.8 Å². The highest BCUT2D eigenvalue weighted by molar-refractivity contribution is 5.94. The Morgan fingerprint density at radius 3 is 3.14 bits per heavy atom. The summed E-state index contributed by atoms with van der Waals surface area (Å²) in [5, 5.41) is 0. The molecule has 22 heavy (non-hydrogen) atoms. The van der Waals surface area contributed by atoms with E-state index in [2.05, 4.69) is 18.0 Å². The average Bonchev–Trinajstić information content (AvgIpc) is 2.97. The molecule has 0 spiro atoms. The highest BCUT2D eigenvalue weighted by Gasteiger charge is 2.63. The molecule has 0 bridgehead atoms. The van der Waals surface area contributed by atoms with Crippen LogP contribution in [-0.4, -0.2) is 22.7 Å². The van der Waals surface area contributed by atoms with E-state index < -0.39 is 5.60 Å². The summed E-state index contributed by atoms with van der Waals surface area (Å²) < 4.78 is 12.0. The van der Waals surface area contributed by atoms with Crippen LogP contribution < -0.4 is 0 Å². The molecular formula is C18H21NO3. The van der Waals surface area contributed by atoms with Crippen molar-refractivity contribution in [1.29, 1.82) is 0 Å². The molecule has 3 aliphatic rings. The minimum Gasteiger partial charge on any atom is -0.455 e. The zero-order chi connectivity index (χ0) is 15.3. The monoisotopic (exact) mass is 299 g/mol. The van der Waals surface area contributed by atoms with Gasteiger partial charge >= 0.3 is 5.97 Å². The number of carbonyl (C=O) groups is 1. The van der Waals surface area contributed by atoms with Crippen LogP contribution in [0.3, 0.4) is 0 Å². The summed E-state index contributed by atoms with van der Waals surface area (Å²) in [6.45, 7) is 4.64. The van der Waals surface area contributed by atoms with Crippen molar-refractivity contribution >= 4 is 5.97 Å². The SMILES string of the molecule is Cc1ncccc1CO[C@]12C3=CC(C)CC1CC[C@H]2OC3=O. The fourth-order valence-electron chi connectivity index (χ4n) is 4.38. The molecule has 0 aromatic carbocycles. The molecule has 4 rings (SSSR count). The average molecular weight is 299 g/mol. The molecule has 0 amide bonds. The van der Waals surface area contributed by atoms with Crippen LogP contribution in [0.5, 0.6) is 0 Å². The number of carbonyl (C=O) groups excluding carboxylic acids is 1. The van der Waals surface area contributed by atoms with Crippen molar-refractivity contribution in [3.8, 4) is 0 Å². The van der Waals surface area contributed by atoms with Gasteiger partial charge in [-0.1, -0.05) is 19.1 Å². The smallest absolute Gasteiger partial charge is 0.337 e. The minimum atomic E-state index is -0.522. The van der Waals surface area contributed by atoms with E-state index in [0.717, 1.165) is 36.1 Å². The van der Waals surface area contributed by atoms with Crippen LogP contribution in [0.15, 0.2) is 30.0 Å². The molecule has 1 aromatic rings. The van der Waals surface area contributed by atoms with E-state index in [9.17, 15) is 4.79 Å². The molecule has 0 N–H and O–H groups in total. The second kappa shape index (κ2) is 4.92. The molecule has 1 aliphatic heterocycles. The molecule has 2 unspecified atom stereocenters. The van der Waals surface area contributed by atoms with Gasteiger partial charge in [-0.2, -0.15) is 0 Å². The molecule has 4 atom stereocenters. The zero-order valence-electron chi connectivity index (χ0n) is 13.0. The Labute approximate surface area is 130 Å². The van der Waals surface area contributed by atoms with Crippen LogP contribution in [0.1, 0.15) is 37.4 Å². The Kier molecular flexibility index (Phi) is 3.12. The maximum absolute atomic E-state index is 12.2. The summed E-state index contributed by atoms with van der Waals surface area (Å²) in [4.78, 5) is 16.6. The van der Waals surface area contributed by atoms with Crippen molar-refractivity contribution in [3.63, 3.8) is 0 Å². The van der Waals surface area contributed by atoms with Gasteiger partial charge in [0.15, 0.2) is 0 Å². The number of esters is 1. The maximum atomic E-state index is 12.2. The number of aromatic nitrogens is 1. The number of pyridine rings is 1. The van der Waals surface area contributed by atoms with Crippen LogP contribution in [0.4, 0.5) is 0 Å². The summed E-state index contributed by atoms with van der Waals surface area (Å²) >= 11 is 0. The van der Waals surface area contributed by atoms with Gasteiger partial charge in [0, 0.05) is 11.9 Å². The van der Waals surface area contributed by atoms with Gasteiger partial charge in [-0.3, -0.25) is 4.98 Å². The number of hydrogen-bond donors (Lipinski definition) is 0. The Hall–Kier alpha value is -1.68. The molecule has 2 fully saturated rings. The predicted molar refractivity (Wildman–Crippen MR) is 81.0 cm³/mol. The first kappa shape index (κ1) is 13.9. The molecule has 4 nitrogen and oxygen atoms in total. The number of allylic oxidation sites excluding steroid dienone is 1. The van der Waals surface area contributed by atoms with Gasteiger partial charge < -0.3 is 9.47 Å². The maximum Gasteiger partial charge on any atom is 0.337 e. The zero-order valence-corrected chi connectivity index (χ0v) is 13.0. The first-order valence-corrected chi connectivity index (χ1v) is 8.09. The summed E-state index contributed by atoms with van der Waals surface area (Å²) in [5.41, 5.74) is 2.30. The van der Waals surface area contributed by atoms with Crippen molar-refractivity contribution in [3.05, 3.63) is 41.2 Å². The Bertz CT molecular complexity index is 653. The summed E-state index contributed by atoms with van der Waals surface area (Å²) in [6, 6.07) is 3.96. The van der Waals surface area contributed by atoms with Crippen molar-refractivity contribution in [1.82, 2.24) is 4.98 Å². The first-order chi connectivity index (χ1) is 10.6. The van der Waals surface area contributed by atoms with Crippen LogP contribution in [0.25, 0.3) is 0 Å². The summed E-state index contributed by atoms with van der Waals surface area (Å²) in [7, 11) is 0. The Morgan fingerprint density at radius 2 is 2.32 bits per heavy atom. The lowest BCUT2D eigenvalue weighted by Gasteiger charge is -2.38. The van der Waals surface area contributed by atoms with Gasteiger partial charge in [-0.25, -0.2) is 4.79 Å². The molecule has 2 heterocycles. The predicted octanol–water partition coefficient (Wildman–Crippen LogP) is 2.95. The van der Waals surface area contributed by atoms with E-state index in [1.165, 1.54) is 0 Å². The lowest BCUT2D eigenvalue weighted by atomic mass is 9.73. The number of rotatable bonds is 3. The van der Waals surface area contributed by atoms with Crippen molar-refractivity contribution in [2.24, 2.45) is 11.8 Å². The number of aryl methyl sites for hydroxylation is 1. The van der Waals surface area contributed by atoms with Gasteiger partial charge in [-0.15, -0.1) is 0 Å². The molecule has 1 saturated carbocycles. The second-order valence-corrected chi connectivity index (χ2v) is 6.79. The Balaban J connectivity index is 1.68. The lowest BCUT2D eigenvalue weighted by Crippen LogP contribution is -2.46. The second-order valence-electron chi connectivity index (χ2n) is 6.79. The topological polar surface area (TPSA) is 48.4 Å². The van der Waals surface area contributed by atoms with E-state index in [4.69, 9.17) is 9.47 Å². The van der Waals surface area contributed by atoms with Gasteiger partial charge in [0.25, 0.3) is 0 Å².